The quantitative estimate of drug-likeness (QED) is 0.357. The van der Waals surface area contributed by atoms with E-state index in [1.165, 1.54) is 12.1 Å². The summed E-state index contributed by atoms with van der Waals surface area (Å²) in [5, 5.41) is 7.26. The van der Waals surface area contributed by atoms with Gasteiger partial charge < -0.3 is 20.3 Å². The number of guanidine groups is 1. The average molecular weight is 501 g/mol. The first kappa shape index (κ1) is 23.2. The Kier molecular flexibility index (Phi) is 9.81. The number of halogens is 1. The zero-order valence-electron chi connectivity index (χ0n) is 17.4. The first-order chi connectivity index (χ1) is 13.2. The number of aliphatic imine (C=N–C) groups is 1. The van der Waals surface area contributed by atoms with Crippen molar-refractivity contribution in [3.05, 3.63) is 30.3 Å². The lowest BCUT2D eigenvalue weighted by atomic mass is 10.0. The van der Waals surface area contributed by atoms with E-state index in [1.807, 2.05) is 13.1 Å². The molecule has 2 unspecified atom stereocenters. The fourth-order valence-electron chi connectivity index (χ4n) is 3.91. The molecular formula is C21H36IN5O. The van der Waals surface area contributed by atoms with Crippen molar-refractivity contribution in [2.75, 3.05) is 58.3 Å². The van der Waals surface area contributed by atoms with Crippen LogP contribution in [0.2, 0.25) is 0 Å². The van der Waals surface area contributed by atoms with Crippen LogP contribution in [0.25, 0.3) is 0 Å². The first-order valence-corrected chi connectivity index (χ1v) is 10.3. The summed E-state index contributed by atoms with van der Waals surface area (Å²) in [6.45, 7) is 11.3. The second kappa shape index (κ2) is 11.8. The smallest absolute Gasteiger partial charge is 0.193 e. The van der Waals surface area contributed by atoms with E-state index >= 15 is 0 Å². The monoisotopic (exact) mass is 501 g/mol. The topological polar surface area (TPSA) is 52.1 Å². The van der Waals surface area contributed by atoms with Crippen molar-refractivity contribution in [1.82, 2.24) is 15.1 Å². The van der Waals surface area contributed by atoms with Gasteiger partial charge >= 0.3 is 0 Å². The molecule has 7 heteroatoms. The van der Waals surface area contributed by atoms with E-state index in [1.54, 1.807) is 0 Å². The molecule has 2 heterocycles. The summed E-state index contributed by atoms with van der Waals surface area (Å²) in [6, 6.07) is 11.4. The Morgan fingerprint density at radius 3 is 2.54 bits per heavy atom. The summed E-state index contributed by atoms with van der Waals surface area (Å²) in [7, 11) is 1.89. The minimum Gasteiger partial charge on any atom is -0.380 e. The lowest BCUT2D eigenvalue weighted by Crippen LogP contribution is -2.48. The van der Waals surface area contributed by atoms with E-state index in [0.717, 1.165) is 51.9 Å². The SMILES string of the molecule is CN=C(NCC(Nc1ccccc1)C(C)C)N1CCC(N2CCOCC2)C1.I. The van der Waals surface area contributed by atoms with E-state index in [2.05, 4.69) is 63.5 Å². The van der Waals surface area contributed by atoms with Gasteiger partial charge in [0.15, 0.2) is 5.96 Å². The Labute approximate surface area is 187 Å². The van der Waals surface area contributed by atoms with Gasteiger partial charge in [-0.05, 0) is 24.5 Å². The third-order valence-electron chi connectivity index (χ3n) is 5.65. The number of hydrogen-bond acceptors (Lipinski definition) is 4. The Balaban J connectivity index is 0.00000280. The molecule has 2 aliphatic heterocycles. The van der Waals surface area contributed by atoms with E-state index in [0.29, 0.717) is 18.0 Å². The van der Waals surface area contributed by atoms with Gasteiger partial charge in [0.05, 0.1) is 13.2 Å². The number of ether oxygens (including phenoxy) is 1. The summed E-state index contributed by atoms with van der Waals surface area (Å²) >= 11 is 0. The highest BCUT2D eigenvalue weighted by Gasteiger charge is 2.30. The minimum atomic E-state index is 0. The van der Waals surface area contributed by atoms with Crippen LogP contribution in [0.4, 0.5) is 5.69 Å². The average Bonchev–Trinajstić information content (AvgIpc) is 3.19. The van der Waals surface area contributed by atoms with Gasteiger partial charge in [0, 0.05) is 57.5 Å². The summed E-state index contributed by atoms with van der Waals surface area (Å²) < 4.78 is 5.49. The van der Waals surface area contributed by atoms with Gasteiger partial charge in [0.25, 0.3) is 0 Å². The fourth-order valence-corrected chi connectivity index (χ4v) is 3.91. The number of rotatable bonds is 6. The number of anilines is 1. The van der Waals surface area contributed by atoms with Crippen LogP contribution in [0.15, 0.2) is 35.3 Å². The second-order valence-corrected chi connectivity index (χ2v) is 7.83. The lowest BCUT2D eigenvalue weighted by molar-refractivity contribution is 0.0195. The van der Waals surface area contributed by atoms with Gasteiger partial charge in [-0.15, -0.1) is 24.0 Å². The molecular weight excluding hydrogens is 465 g/mol. The van der Waals surface area contributed by atoms with E-state index in [4.69, 9.17) is 4.74 Å². The molecule has 2 atom stereocenters. The summed E-state index contributed by atoms with van der Waals surface area (Å²) in [5.41, 5.74) is 1.17. The highest BCUT2D eigenvalue weighted by Crippen LogP contribution is 2.17. The normalized spacial score (nSPS) is 22.1. The largest absolute Gasteiger partial charge is 0.380 e. The molecule has 0 bridgehead atoms. The predicted molar refractivity (Wildman–Crippen MR) is 128 cm³/mol. The Morgan fingerprint density at radius 1 is 1.18 bits per heavy atom. The molecule has 2 aliphatic rings. The molecule has 1 aromatic rings. The first-order valence-electron chi connectivity index (χ1n) is 10.3. The zero-order chi connectivity index (χ0) is 19.1. The maximum atomic E-state index is 5.49. The number of likely N-dealkylation sites (tertiary alicyclic amines) is 1. The molecule has 0 aliphatic carbocycles. The summed E-state index contributed by atoms with van der Waals surface area (Å²) in [5.74, 6) is 1.54. The van der Waals surface area contributed by atoms with Crippen molar-refractivity contribution >= 4 is 35.6 Å². The third-order valence-corrected chi connectivity index (χ3v) is 5.65. The van der Waals surface area contributed by atoms with E-state index in [9.17, 15) is 0 Å². The summed E-state index contributed by atoms with van der Waals surface area (Å²) in [4.78, 5) is 9.53. The zero-order valence-corrected chi connectivity index (χ0v) is 19.8. The molecule has 158 valence electrons. The molecule has 1 aromatic carbocycles. The molecule has 2 fully saturated rings. The molecule has 2 N–H and O–H groups in total. The molecule has 0 amide bonds. The van der Waals surface area contributed by atoms with Gasteiger partial charge in [0.2, 0.25) is 0 Å². The van der Waals surface area contributed by atoms with Crippen molar-refractivity contribution < 1.29 is 4.74 Å². The number of nitrogens with one attached hydrogen (secondary N) is 2. The van der Waals surface area contributed by atoms with Crippen LogP contribution in [0.3, 0.4) is 0 Å². The molecule has 28 heavy (non-hydrogen) atoms. The van der Waals surface area contributed by atoms with Crippen LogP contribution in [-0.2, 0) is 4.74 Å². The van der Waals surface area contributed by atoms with Crippen LogP contribution in [0.1, 0.15) is 20.3 Å². The van der Waals surface area contributed by atoms with Crippen molar-refractivity contribution in [1.29, 1.82) is 0 Å². The van der Waals surface area contributed by atoms with Crippen LogP contribution in [-0.4, -0.2) is 80.8 Å². The molecule has 3 rings (SSSR count). The lowest BCUT2D eigenvalue weighted by Gasteiger charge is -2.32. The maximum absolute atomic E-state index is 5.49. The molecule has 2 saturated heterocycles. The highest BCUT2D eigenvalue weighted by atomic mass is 127. The predicted octanol–water partition coefficient (Wildman–Crippen LogP) is 2.72. The molecule has 0 spiro atoms. The van der Waals surface area contributed by atoms with Crippen LogP contribution in [0.5, 0.6) is 0 Å². The maximum Gasteiger partial charge on any atom is 0.193 e. The van der Waals surface area contributed by atoms with Crippen molar-refractivity contribution in [3.8, 4) is 0 Å². The van der Waals surface area contributed by atoms with Crippen molar-refractivity contribution in [2.45, 2.75) is 32.4 Å². The van der Waals surface area contributed by atoms with Crippen molar-refractivity contribution in [2.24, 2.45) is 10.9 Å². The molecule has 0 aromatic heterocycles. The Bertz CT molecular complexity index is 592. The molecule has 0 radical (unpaired) electrons. The highest BCUT2D eigenvalue weighted by molar-refractivity contribution is 14.0. The molecule has 6 nitrogen and oxygen atoms in total. The van der Waals surface area contributed by atoms with Crippen LogP contribution in [0, 0.1) is 5.92 Å². The van der Waals surface area contributed by atoms with Gasteiger partial charge in [-0.1, -0.05) is 32.0 Å². The number of hydrogen-bond donors (Lipinski definition) is 2. The minimum absolute atomic E-state index is 0. The Morgan fingerprint density at radius 2 is 1.89 bits per heavy atom. The summed E-state index contributed by atoms with van der Waals surface area (Å²) in [6.07, 6.45) is 1.20. The van der Waals surface area contributed by atoms with E-state index < -0.39 is 0 Å². The standard InChI is InChI=1S/C21H35N5O.HI/c1-17(2)20(24-18-7-5-4-6-8-18)15-23-21(22-3)26-10-9-19(16-26)25-11-13-27-14-12-25;/h4-8,17,19-20,24H,9-16H2,1-3H3,(H,22,23);1H. The van der Waals surface area contributed by atoms with Crippen LogP contribution >= 0.6 is 24.0 Å². The van der Waals surface area contributed by atoms with Gasteiger partial charge in [-0.3, -0.25) is 9.89 Å². The van der Waals surface area contributed by atoms with Gasteiger partial charge in [0.1, 0.15) is 0 Å². The number of nitrogens with zero attached hydrogens (tertiary/aromatic N) is 3. The van der Waals surface area contributed by atoms with Crippen molar-refractivity contribution in [3.63, 3.8) is 0 Å². The van der Waals surface area contributed by atoms with E-state index in [-0.39, 0.29) is 24.0 Å². The Hall–Kier alpha value is -1.06. The molecule has 0 saturated carbocycles. The van der Waals surface area contributed by atoms with Gasteiger partial charge in [-0.25, -0.2) is 0 Å². The number of benzene rings is 1. The third kappa shape index (κ3) is 6.49. The van der Waals surface area contributed by atoms with Gasteiger partial charge in [-0.2, -0.15) is 0 Å². The van der Waals surface area contributed by atoms with Crippen LogP contribution < -0.4 is 10.6 Å². The fraction of sp³-hybridized carbons (Fsp3) is 0.667. The number of para-hydroxylation sites is 1. The number of morpholine rings is 1. The second-order valence-electron chi connectivity index (χ2n) is 7.83.